The lowest BCUT2D eigenvalue weighted by molar-refractivity contribution is -0.125. The van der Waals surface area contributed by atoms with Crippen LogP contribution in [0.25, 0.3) is 10.4 Å². The van der Waals surface area contributed by atoms with Gasteiger partial charge in [-0.3, -0.25) is 34.9 Å². The average molecular weight is 498 g/mol. The molecular weight excluding hydrogens is 477 g/mol. The van der Waals surface area contributed by atoms with E-state index in [1.54, 1.807) is 48.5 Å². The van der Waals surface area contributed by atoms with Crippen LogP contribution in [0.3, 0.4) is 0 Å². The van der Waals surface area contributed by atoms with E-state index in [2.05, 4.69) is 10.9 Å². The molecule has 1 atom stereocenters. The quantitative estimate of drug-likeness (QED) is 0.383. The Kier molecular flexibility index (Phi) is 7.09. The number of nitrogens with zero attached hydrogens (tertiary/aromatic N) is 1. The second kappa shape index (κ2) is 10.2. The van der Waals surface area contributed by atoms with E-state index in [9.17, 15) is 23.6 Å². The summed E-state index contributed by atoms with van der Waals surface area (Å²) in [7, 11) is 0. The summed E-state index contributed by atoms with van der Waals surface area (Å²) < 4.78 is 13.1. The van der Waals surface area contributed by atoms with Gasteiger partial charge >= 0.3 is 0 Å². The van der Waals surface area contributed by atoms with E-state index < -0.39 is 29.7 Å². The van der Waals surface area contributed by atoms with Crippen molar-refractivity contribution in [3.63, 3.8) is 0 Å². The fourth-order valence-corrected chi connectivity index (χ4v) is 4.96. The van der Waals surface area contributed by atoms with Crippen LogP contribution >= 0.6 is 23.1 Å². The third-order valence-corrected chi connectivity index (χ3v) is 7.07. The number of fused-ring (bicyclic) bond motifs is 1. The summed E-state index contributed by atoms with van der Waals surface area (Å²) in [4.78, 5) is 53.3. The van der Waals surface area contributed by atoms with E-state index in [0.717, 1.165) is 15.3 Å². The number of rotatable bonds is 7. The van der Waals surface area contributed by atoms with Gasteiger partial charge in [-0.05, 0) is 60.4 Å². The molecule has 2 aromatic carbocycles. The lowest BCUT2D eigenvalue weighted by Crippen LogP contribution is -2.54. The van der Waals surface area contributed by atoms with Crippen LogP contribution in [0.4, 0.5) is 4.39 Å². The fourth-order valence-electron chi connectivity index (χ4n) is 3.59. The zero-order valence-electron chi connectivity index (χ0n) is 18.0. The minimum Gasteiger partial charge on any atom is -0.271 e. The smallest absolute Gasteiger partial charge is 0.271 e. The molecule has 7 nitrogen and oxygen atoms in total. The molecule has 1 aromatic heterocycles. The monoisotopic (exact) mass is 497 g/mol. The van der Waals surface area contributed by atoms with Gasteiger partial charge in [0, 0.05) is 4.88 Å². The number of hydrogen-bond acceptors (Lipinski definition) is 6. The number of carbonyl (C=O) groups is 4. The summed E-state index contributed by atoms with van der Waals surface area (Å²) in [5.74, 6) is -2.09. The first kappa shape index (κ1) is 23.7. The number of imide groups is 1. The summed E-state index contributed by atoms with van der Waals surface area (Å²) in [6.07, 6.45) is 2.09. The highest BCUT2D eigenvalue weighted by atomic mass is 32.2. The minimum absolute atomic E-state index is 0.238. The van der Waals surface area contributed by atoms with Crippen LogP contribution in [0.2, 0.25) is 0 Å². The van der Waals surface area contributed by atoms with Crippen molar-refractivity contribution in [1.82, 2.24) is 15.8 Å². The maximum absolute atomic E-state index is 13.1. The maximum atomic E-state index is 13.1. The minimum atomic E-state index is -1.07. The molecule has 0 spiro atoms. The van der Waals surface area contributed by atoms with Crippen LogP contribution in [0.15, 0.2) is 60.7 Å². The normalized spacial score (nSPS) is 13.5. The standard InChI is InChI=1S/C24H20FN3O4S2/c1-33-13-12-18(28-23(31)16-4-2-3-5-17(16)24(28)32)21(29)26-27-22(30)20-11-10-19(34-20)14-6-8-15(25)9-7-14/h2-11,18H,12-13H2,1H3,(H,26,29)(H,27,30). The molecular formula is C24H20FN3O4S2. The summed E-state index contributed by atoms with van der Waals surface area (Å²) in [5.41, 5.74) is 5.99. The van der Waals surface area contributed by atoms with Crippen molar-refractivity contribution in [2.45, 2.75) is 12.5 Å². The molecule has 2 N–H and O–H groups in total. The van der Waals surface area contributed by atoms with Crippen LogP contribution < -0.4 is 10.9 Å². The van der Waals surface area contributed by atoms with Crippen molar-refractivity contribution in [1.29, 1.82) is 0 Å². The second-order valence-electron chi connectivity index (χ2n) is 7.44. The number of nitrogens with one attached hydrogen (secondary N) is 2. The molecule has 34 heavy (non-hydrogen) atoms. The number of amides is 4. The van der Waals surface area contributed by atoms with Crippen LogP contribution in [-0.4, -0.2) is 46.6 Å². The van der Waals surface area contributed by atoms with Crippen LogP contribution in [-0.2, 0) is 4.79 Å². The van der Waals surface area contributed by atoms with Crippen LogP contribution in [0.1, 0.15) is 36.8 Å². The summed E-state index contributed by atoms with van der Waals surface area (Å²) in [6, 6.07) is 14.6. The highest BCUT2D eigenvalue weighted by Gasteiger charge is 2.42. The van der Waals surface area contributed by atoms with Crippen molar-refractivity contribution in [3.05, 3.63) is 82.5 Å². The summed E-state index contributed by atoms with van der Waals surface area (Å²) in [6.45, 7) is 0. The Hall–Kier alpha value is -3.50. The summed E-state index contributed by atoms with van der Waals surface area (Å²) in [5, 5.41) is 0. The maximum Gasteiger partial charge on any atom is 0.279 e. The van der Waals surface area contributed by atoms with Gasteiger partial charge in [-0.1, -0.05) is 24.3 Å². The lowest BCUT2D eigenvalue weighted by Gasteiger charge is -2.25. The number of hydrazine groups is 1. The number of hydrogen-bond donors (Lipinski definition) is 2. The Labute approximate surface area is 203 Å². The van der Waals surface area contributed by atoms with E-state index in [-0.39, 0.29) is 23.4 Å². The van der Waals surface area contributed by atoms with Crippen LogP contribution in [0.5, 0.6) is 0 Å². The highest BCUT2D eigenvalue weighted by Crippen LogP contribution is 2.28. The molecule has 0 radical (unpaired) electrons. The number of thiophene rings is 1. The molecule has 0 aliphatic carbocycles. The molecule has 174 valence electrons. The third-order valence-electron chi connectivity index (χ3n) is 5.29. The predicted molar refractivity (Wildman–Crippen MR) is 129 cm³/mol. The van der Waals surface area contributed by atoms with E-state index in [1.807, 2.05) is 6.26 Å². The van der Waals surface area contributed by atoms with Gasteiger partial charge in [0.25, 0.3) is 23.6 Å². The first-order valence-electron chi connectivity index (χ1n) is 10.3. The van der Waals surface area contributed by atoms with Gasteiger partial charge in [-0.2, -0.15) is 11.8 Å². The molecule has 0 bridgehead atoms. The number of halogens is 1. The SMILES string of the molecule is CSCCC(C(=O)NNC(=O)c1ccc(-c2ccc(F)cc2)s1)N1C(=O)c2ccccc2C1=O. The van der Waals surface area contributed by atoms with Gasteiger partial charge in [0.2, 0.25) is 0 Å². The Bertz CT molecular complexity index is 1220. The molecule has 4 amide bonds. The van der Waals surface area contributed by atoms with Crippen molar-refractivity contribution in [3.8, 4) is 10.4 Å². The molecule has 1 aliphatic heterocycles. The fraction of sp³-hybridized carbons (Fsp3) is 0.167. The molecule has 0 saturated heterocycles. The van der Waals surface area contributed by atoms with Crippen LogP contribution in [0, 0.1) is 5.82 Å². The topological polar surface area (TPSA) is 95.6 Å². The lowest BCUT2D eigenvalue weighted by atomic mass is 10.1. The van der Waals surface area contributed by atoms with E-state index in [4.69, 9.17) is 0 Å². The van der Waals surface area contributed by atoms with E-state index in [0.29, 0.717) is 10.6 Å². The molecule has 2 heterocycles. The highest BCUT2D eigenvalue weighted by molar-refractivity contribution is 7.98. The van der Waals surface area contributed by atoms with Crippen molar-refractivity contribution in [2.75, 3.05) is 12.0 Å². The molecule has 3 aromatic rings. The predicted octanol–water partition coefficient (Wildman–Crippen LogP) is 3.73. The van der Waals surface area contributed by atoms with Crippen molar-refractivity contribution < 1.29 is 23.6 Å². The van der Waals surface area contributed by atoms with E-state index >= 15 is 0 Å². The largest absolute Gasteiger partial charge is 0.279 e. The Morgan fingerprint density at radius 3 is 2.24 bits per heavy atom. The Balaban J connectivity index is 1.45. The zero-order chi connectivity index (χ0) is 24.2. The second-order valence-corrected chi connectivity index (χ2v) is 9.51. The Morgan fingerprint density at radius 2 is 1.62 bits per heavy atom. The number of benzene rings is 2. The molecule has 4 rings (SSSR count). The summed E-state index contributed by atoms with van der Waals surface area (Å²) >= 11 is 2.66. The van der Waals surface area contributed by atoms with E-state index in [1.165, 1.54) is 35.2 Å². The zero-order valence-corrected chi connectivity index (χ0v) is 19.7. The number of thioether (sulfide) groups is 1. The first-order chi connectivity index (χ1) is 16.4. The van der Waals surface area contributed by atoms with Crippen molar-refractivity contribution in [2.24, 2.45) is 0 Å². The average Bonchev–Trinajstić information content (AvgIpc) is 3.43. The van der Waals surface area contributed by atoms with Gasteiger partial charge in [-0.25, -0.2) is 4.39 Å². The molecule has 0 saturated carbocycles. The molecule has 1 aliphatic rings. The molecule has 1 unspecified atom stereocenters. The number of carbonyl (C=O) groups excluding carboxylic acids is 4. The Morgan fingerprint density at radius 1 is 0.971 bits per heavy atom. The van der Waals surface area contributed by atoms with Crippen molar-refractivity contribution >= 4 is 46.7 Å². The van der Waals surface area contributed by atoms with Gasteiger partial charge in [0.15, 0.2) is 0 Å². The molecule has 0 fully saturated rings. The first-order valence-corrected chi connectivity index (χ1v) is 12.5. The third kappa shape index (κ3) is 4.73. The van der Waals surface area contributed by atoms with Gasteiger partial charge in [-0.15, -0.1) is 11.3 Å². The van der Waals surface area contributed by atoms with Gasteiger partial charge in [0.05, 0.1) is 16.0 Å². The van der Waals surface area contributed by atoms with Gasteiger partial charge < -0.3 is 0 Å². The van der Waals surface area contributed by atoms with Gasteiger partial charge in [0.1, 0.15) is 11.9 Å². The molecule has 10 heteroatoms.